The van der Waals surface area contributed by atoms with E-state index in [9.17, 15) is 9.18 Å². The van der Waals surface area contributed by atoms with E-state index >= 15 is 0 Å². The van der Waals surface area contributed by atoms with Crippen LogP contribution in [0, 0.1) is 12.7 Å². The van der Waals surface area contributed by atoms with E-state index in [-0.39, 0.29) is 18.1 Å². The molecule has 0 N–H and O–H groups in total. The Kier molecular flexibility index (Phi) is 5.05. The number of hydrogen-bond acceptors (Lipinski definition) is 2. The molecule has 2 aromatic carbocycles. The SMILES string of the molecule is Cc1c(Cl)cccc1N1CCN(C(=O)Cc2ccccc2F)CC1. The molecule has 0 radical (unpaired) electrons. The number of benzene rings is 2. The van der Waals surface area contributed by atoms with Gasteiger partial charge >= 0.3 is 0 Å². The van der Waals surface area contributed by atoms with Gasteiger partial charge in [0, 0.05) is 36.9 Å². The standard InChI is InChI=1S/C19H20ClFN2O/c1-14-16(20)6-4-8-18(14)22-9-11-23(12-10-22)19(24)13-15-5-2-3-7-17(15)21/h2-8H,9-13H2,1H3. The monoisotopic (exact) mass is 346 g/mol. The zero-order valence-corrected chi connectivity index (χ0v) is 14.4. The Bertz CT molecular complexity index is 742. The molecule has 126 valence electrons. The molecule has 0 spiro atoms. The number of halogens is 2. The number of carbonyl (C=O) groups excluding carboxylic acids is 1. The van der Waals surface area contributed by atoms with Gasteiger partial charge in [0.2, 0.25) is 5.91 Å². The second-order valence-electron chi connectivity index (χ2n) is 6.02. The fraction of sp³-hybridized carbons (Fsp3) is 0.316. The molecule has 0 bridgehead atoms. The molecule has 1 aliphatic heterocycles. The van der Waals surface area contributed by atoms with E-state index in [0.29, 0.717) is 18.7 Å². The lowest BCUT2D eigenvalue weighted by Crippen LogP contribution is -2.49. The number of piperazine rings is 1. The topological polar surface area (TPSA) is 23.6 Å². The minimum Gasteiger partial charge on any atom is -0.368 e. The van der Waals surface area contributed by atoms with Crippen molar-refractivity contribution in [3.8, 4) is 0 Å². The highest BCUT2D eigenvalue weighted by atomic mass is 35.5. The highest BCUT2D eigenvalue weighted by Crippen LogP contribution is 2.27. The fourth-order valence-corrected chi connectivity index (χ4v) is 3.22. The maximum atomic E-state index is 13.7. The van der Waals surface area contributed by atoms with Crippen molar-refractivity contribution in [2.75, 3.05) is 31.1 Å². The molecular weight excluding hydrogens is 327 g/mol. The third kappa shape index (κ3) is 3.54. The van der Waals surface area contributed by atoms with Crippen LogP contribution in [0.25, 0.3) is 0 Å². The first-order chi connectivity index (χ1) is 11.6. The zero-order chi connectivity index (χ0) is 17.1. The third-order valence-electron chi connectivity index (χ3n) is 4.51. The summed E-state index contributed by atoms with van der Waals surface area (Å²) in [6.45, 7) is 4.79. The number of nitrogens with zero attached hydrogens (tertiary/aromatic N) is 2. The minimum atomic E-state index is -0.320. The van der Waals surface area contributed by atoms with Crippen molar-refractivity contribution in [2.45, 2.75) is 13.3 Å². The Morgan fingerprint density at radius 3 is 2.50 bits per heavy atom. The number of hydrogen-bond donors (Lipinski definition) is 0. The molecule has 0 aromatic heterocycles. The van der Waals surface area contributed by atoms with Gasteiger partial charge in [-0.15, -0.1) is 0 Å². The molecule has 1 aliphatic rings. The van der Waals surface area contributed by atoms with Gasteiger partial charge in [-0.2, -0.15) is 0 Å². The summed E-state index contributed by atoms with van der Waals surface area (Å²) >= 11 is 6.19. The molecule has 1 fully saturated rings. The molecule has 1 saturated heterocycles. The van der Waals surface area contributed by atoms with E-state index in [2.05, 4.69) is 11.0 Å². The van der Waals surface area contributed by atoms with Crippen molar-refractivity contribution in [2.24, 2.45) is 0 Å². The molecule has 0 aliphatic carbocycles. The quantitative estimate of drug-likeness (QED) is 0.846. The average Bonchev–Trinajstić information content (AvgIpc) is 2.59. The molecule has 0 saturated carbocycles. The van der Waals surface area contributed by atoms with Crippen LogP contribution in [0.15, 0.2) is 42.5 Å². The van der Waals surface area contributed by atoms with Gasteiger partial charge in [0.15, 0.2) is 0 Å². The van der Waals surface area contributed by atoms with Gasteiger partial charge in [-0.05, 0) is 36.2 Å². The molecule has 2 aromatic rings. The Balaban J connectivity index is 1.62. The van der Waals surface area contributed by atoms with E-state index in [1.807, 2.05) is 24.0 Å². The first-order valence-electron chi connectivity index (χ1n) is 8.07. The van der Waals surface area contributed by atoms with Gasteiger partial charge < -0.3 is 9.80 Å². The predicted octanol–water partition coefficient (Wildman–Crippen LogP) is 3.68. The maximum absolute atomic E-state index is 13.7. The summed E-state index contributed by atoms with van der Waals surface area (Å²) in [5, 5.41) is 0.755. The van der Waals surface area contributed by atoms with Crippen LogP contribution < -0.4 is 4.90 Å². The highest BCUT2D eigenvalue weighted by molar-refractivity contribution is 6.31. The minimum absolute atomic E-state index is 0.0254. The average molecular weight is 347 g/mol. The van der Waals surface area contributed by atoms with Gasteiger partial charge in [0.25, 0.3) is 0 Å². The predicted molar refractivity (Wildman–Crippen MR) is 95.1 cm³/mol. The summed E-state index contributed by atoms with van der Waals surface area (Å²) in [5.41, 5.74) is 2.63. The van der Waals surface area contributed by atoms with Gasteiger partial charge in [0.1, 0.15) is 5.82 Å². The van der Waals surface area contributed by atoms with Crippen molar-refractivity contribution in [1.82, 2.24) is 4.90 Å². The van der Waals surface area contributed by atoms with Crippen LogP contribution in [0.3, 0.4) is 0 Å². The van der Waals surface area contributed by atoms with Crippen LogP contribution in [-0.2, 0) is 11.2 Å². The lowest BCUT2D eigenvalue weighted by Gasteiger charge is -2.37. The second-order valence-corrected chi connectivity index (χ2v) is 6.43. The van der Waals surface area contributed by atoms with Crippen LogP contribution in [0.1, 0.15) is 11.1 Å². The molecule has 5 heteroatoms. The van der Waals surface area contributed by atoms with Crippen LogP contribution in [0.2, 0.25) is 5.02 Å². The Morgan fingerprint density at radius 2 is 1.79 bits per heavy atom. The molecular formula is C19H20ClFN2O. The van der Waals surface area contributed by atoms with E-state index in [4.69, 9.17) is 11.6 Å². The maximum Gasteiger partial charge on any atom is 0.227 e. The first kappa shape index (κ1) is 16.8. The smallest absolute Gasteiger partial charge is 0.227 e. The molecule has 24 heavy (non-hydrogen) atoms. The Morgan fingerprint density at radius 1 is 1.08 bits per heavy atom. The van der Waals surface area contributed by atoms with Crippen molar-refractivity contribution < 1.29 is 9.18 Å². The van der Waals surface area contributed by atoms with Crippen LogP contribution in [0.5, 0.6) is 0 Å². The zero-order valence-electron chi connectivity index (χ0n) is 13.6. The number of anilines is 1. The highest BCUT2D eigenvalue weighted by Gasteiger charge is 2.23. The Labute approximate surface area is 146 Å². The third-order valence-corrected chi connectivity index (χ3v) is 4.92. The van der Waals surface area contributed by atoms with E-state index in [1.54, 1.807) is 18.2 Å². The summed E-state index contributed by atoms with van der Waals surface area (Å²) in [4.78, 5) is 16.5. The van der Waals surface area contributed by atoms with Crippen LogP contribution in [-0.4, -0.2) is 37.0 Å². The van der Waals surface area contributed by atoms with E-state index in [1.165, 1.54) is 6.07 Å². The molecule has 3 rings (SSSR count). The van der Waals surface area contributed by atoms with Crippen LogP contribution in [0.4, 0.5) is 10.1 Å². The Hall–Kier alpha value is -2.07. The molecule has 0 unspecified atom stereocenters. The molecule has 0 atom stereocenters. The lowest BCUT2D eigenvalue weighted by atomic mass is 10.1. The summed E-state index contributed by atoms with van der Waals surface area (Å²) < 4.78 is 13.7. The van der Waals surface area contributed by atoms with E-state index in [0.717, 1.165) is 29.4 Å². The van der Waals surface area contributed by atoms with E-state index < -0.39 is 0 Å². The van der Waals surface area contributed by atoms with Crippen molar-refractivity contribution in [3.63, 3.8) is 0 Å². The van der Waals surface area contributed by atoms with Crippen molar-refractivity contribution >= 4 is 23.2 Å². The van der Waals surface area contributed by atoms with Crippen molar-refractivity contribution in [1.29, 1.82) is 0 Å². The number of amides is 1. The number of carbonyl (C=O) groups is 1. The van der Waals surface area contributed by atoms with Gasteiger partial charge in [-0.25, -0.2) is 4.39 Å². The molecule has 1 amide bonds. The summed E-state index contributed by atoms with van der Waals surface area (Å²) in [5.74, 6) is -0.346. The first-order valence-corrected chi connectivity index (χ1v) is 8.45. The second kappa shape index (κ2) is 7.22. The van der Waals surface area contributed by atoms with Gasteiger partial charge in [-0.3, -0.25) is 4.79 Å². The summed E-state index contributed by atoms with van der Waals surface area (Å²) in [6, 6.07) is 12.3. The van der Waals surface area contributed by atoms with Gasteiger partial charge in [0.05, 0.1) is 6.42 Å². The normalized spacial score (nSPS) is 14.8. The molecule has 1 heterocycles. The van der Waals surface area contributed by atoms with Gasteiger partial charge in [-0.1, -0.05) is 35.9 Å². The number of rotatable bonds is 3. The largest absolute Gasteiger partial charge is 0.368 e. The summed E-state index contributed by atoms with van der Waals surface area (Å²) in [6.07, 6.45) is 0.114. The molecule has 3 nitrogen and oxygen atoms in total. The van der Waals surface area contributed by atoms with Crippen LogP contribution >= 0.6 is 11.6 Å². The fourth-order valence-electron chi connectivity index (χ4n) is 3.05. The summed E-state index contributed by atoms with van der Waals surface area (Å²) in [7, 11) is 0. The lowest BCUT2D eigenvalue weighted by molar-refractivity contribution is -0.130. The van der Waals surface area contributed by atoms with Crippen molar-refractivity contribution in [3.05, 3.63) is 64.4 Å².